The maximum Gasteiger partial charge on any atom is 0.256 e. The van der Waals surface area contributed by atoms with Gasteiger partial charge in [-0.2, -0.15) is 4.98 Å². The molecule has 0 aliphatic carbocycles. The number of imidazole rings is 1. The molecule has 39 heavy (non-hydrogen) atoms. The van der Waals surface area contributed by atoms with Crippen molar-refractivity contribution in [2.45, 2.75) is 51.0 Å². The lowest BCUT2D eigenvalue weighted by Crippen LogP contribution is -2.64. The van der Waals surface area contributed by atoms with E-state index in [1.807, 2.05) is 0 Å². The fourth-order valence-corrected chi connectivity index (χ4v) is 5.45. The van der Waals surface area contributed by atoms with Gasteiger partial charge in [0.05, 0.1) is 48.8 Å². The number of fused-ring (bicyclic) bond motifs is 2. The zero-order valence-corrected chi connectivity index (χ0v) is 21.8. The lowest BCUT2D eigenvalue weighted by molar-refractivity contribution is -0.142. The molecule has 6 heterocycles. The third-order valence-electron chi connectivity index (χ3n) is 7.63. The summed E-state index contributed by atoms with van der Waals surface area (Å²) in [6, 6.07) is 2.70. The molecule has 0 unspecified atom stereocenters. The summed E-state index contributed by atoms with van der Waals surface area (Å²) in [5, 5.41) is 10.5. The SMILES string of the molecule is CNc1nc(N[C@H]2CCN(C3(C)COC3)C[C@H]2F)nn2cc(F)c(-c3ccc4nc(C)n(CC(F)F)c4n3)c12. The molecule has 0 spiro atoms. The van der Waals surface area contributed by atoms with Gasteiger partial charge in [0.2, 0.25) is 5.95 Å². The maximum atomic E-state index is 15.4. The van der Waals surface area contributed by atoms with Crippen LogP contribution in [0.4, 0.5) is 29.3 Å². The summed E-state index contributed by atoms with van der Waals surface area (Å²) in [5.74, 6) is 0.229. The summed E-state index contributed by atoms with van der Waals surface area (Å²) < 4.78 is 64.8. The molecule has 2 saturated heterocycles. The van der Waals surface area contributed by atoms with Gasteiger partial charge in [0.15, 0.2) is 17.3 Å². The van der Waals surface area contributed by atoms with Crippen LogP contribution in [0.5, 0.6) is 0 Å². The molecular formula is C25H29F4N9O. The summed E-state index contributed by atoms with van der Waals surface area (Å²) in [5.41, 5.74) is 1.19. The smallest absolute Gasteiger partial charge is 0.256 e. The number of pyridine rings is 1. The Kier molecular flexibility index (Phi) is 6.33. The number of hydrogen-bond donors (Lipinski definition) is 2. The quantitative estimate of drug-likeness (QED) is 0.340. The number of piperidine rings is 1. The average Bonchev–Trinajstić information content (AvgIpc) is 3.37. The number of nitrogens with zero attached hydrogens (tertiary/aromatic N) is 7. The van der Waals surface area contributed by atoms with Crippen LogP contribution >= 0.6 is 0 Å². The Morgan fingerprint density at radius 3 is 2.67 bits per heavy atom. The monoisotopic (exact) mass is 547 g/mol. The molecule has 0 bridgehead atoms. The number of anilines is 2. The number of nitrogens with one attached hydrogen (secondary N) is 2. The Morgan fingerprint density at radius 1 is 1.21 bits per heavy atom. The van der Waals surface area contributed by atoms with Crippen molar-refractivity contribution in [3.05, 3.63) is 30.0 Å². The van der Waals surface area contributed by atoms with Crippen molar-refractivity contribution < 1.29 is 22.3 Å². The molecule has 10 nitrogen and oxygen atoms in total. The number of aromatic nitrogens is 6. The van der Waals surface area contributed by atoms with E-state index in [0.717, 1.165) is 0 Å². The minimum Gasteiger partial charge on any atom is -0.377 e. The van der Waals surface area contributed by atoms with Gasteiger partial charge in [0.25, 0.3) is 6.43 Å². The zero-order valence-electron chi connectivity index (χ0n) is 21.8. The molecular weight excluding hydrogens is 518 g/mol. The summed E-state index contributed by atoms with van der Waals surface area (Å²) in [6.45, 7) is 5.30. The zero-order chi connectivity index (χ0) is 27.5. The lowest BCUT2D eigenvalue weighted by atomic mass is 9.92. The summed E-state index contributed by atoms with van der Waals surface area (Å²) in [6.07, 6.45) is -2.00. The van der Waals surface area contributed by atoms with Gasteiger partial charge in [0, 0.05) is 20.1 Å². The number of halogens is 4. The van der Waals surface area contributed by atoms with Crippen LogP contribution in [0.1, 0.15) is 19.2 Å². The highest BCUT2D eigenvalue weighted by Crippen LogP contribution is 2.34. The number of ether oxygens (including phenoxy) is 1. The van der Waals surface area contributed by atoms with Gasteiger partial charge in [0.1, 0.15) is 23.0 Å². The maximum absolute atomic E-state index is 15.4. The number of aryl methyl sites for hydroxylation is 1. The van der Waals surface area contributed by atoms with Gasteiger partial charge in [-0.3, -0.25) is 4.90 Å². The Hall–Kier alpha value is -3.52. The van der Waals surface area contributed by atoms with Crippen LogP contribution < -0.4 is 10.6 Å². The van der Waals surface area contributed by atoms with Gasteiger partial charge >= 0.3 is 0 Å². The normalized spacial score (nSPS) is 21.5. The first-order chi connectivity index (χ1) is 18.7. The van der Waals surface area contributed by atoms with Crippen molar-refractivity contribution in [1.82, 2.24) is 34.0 Å². The lowest BCUT2D eigenvalue weighted by Gasteiger charge is -2.50. The van der Waals surface area contributed by atoms with Crippen LogP contribution in [0.25, 0.3) is 27.9 Å². The molecule has 2 atom stereocenters. The third kappa shape index (κ3) is 4.44. The van der Waals surface area contributed by atoms with Crippen LogP contribution in [-0.4, -0.2) is 91.6 Å². The van der Waals surface area contributed by atoms with Crippen LogP contribution in [0.3, 0.4) is 0 Å². The van der Waals surface area contributed by atoms with Crippen molar-refractivity contribution in [2.24, 2.45) is 0 Å². The van der Waals surface area contributed by atoms with Crippen LogP contribution in [-0.2, 0) is 11.3 Å². The Balaban J connectivity index is 1.32. The number of alkyl halides is 3. The third-order valence-corrected chi connectivity index (χ3v) is 7.63. The van der Waals surface area contributed by atoms with Crippen molar-refractivity contribution in [2.75, 3.05) is 44.0 Å². The fourth-order valence-electron chi connectivity index (χ4n) is 5.45. The van der Waals surface area contributed by atoms with Crippen LogP contribution in [0, 0.1) is 12.7 Å². The molecule has 2 fully saturated rings. The number of likely N-dealkylation sites (tertiary alicyclic amines) is 1. The molecule has 4 aromatic rings. The van der Waals surface area contributed by atoms with E-state index in [1.54, 1.807) is 26.1 Å². The summed E-state index contributed by atoms with van der Waals surface area (Å²) >= 11 is 0. The van der Waals surface area contributed by atoms with Gasteiger partial charge in [-0.1, -0.05) is 0 Å². The van der Waals surface area contributed by atoms with Crippen LogP contribution in [0.2, 0.25) is 0 Å². The van der Waals surface area contributed by atoms with E-state index in [-0.39, 0.29) is 34.9 Å². The molecule has 2 aliphatic heterocycles. The predicted molar refractivity (Wildman–Crippen MR) is 137 cm³/mol. The molecule has 0 aromatic carbocycles. The Morgan fingerprint density at radius 2 is 2.00 bits per heavy atom. The topological polar surface area (TPSA) is 97.4 Å². The number of rotatable bonds is 7. The highest BCUT2D eigenvalue weighted by molar-refractivity contribution is 5.89. The highest BCUT2D eigenvalue weighted by Gasteiger charge is 2.43. The highest BCUT2D eigenvalue weighted by atomic mass is 19.3. The van der Waals surface area contributed by atoms with E-state index < -0.39 is 31.0 Å². The molecule has 0 saturated carbocycles. The predicted octanol–water partition coefficient (Wildman–Crippen LogP) is 3.51. The standard InChI is InChI=1S/C25H29F4N9O/c1-13-31-18-5-4-17(32-23(18)37(13)10-19(28)29)20-15(27)9-38-21(20)22(30-3)34-24(35-38)33-16-6-7-36(8-14(16)26)25(2)11-39-12-25/h4-5,9,14,16,19H,6-8,10-12H2,1-3H3,(H2,30,33,34,35)/t14-,16+/m1/s1. The van der Waals surface area contributed by atoms with Crippen molar-refractivity contribution in [3.63, 3.8) is 0 Å². The fraction of sp³-hybridized carbons (Fsp3) is 0.520. The minimum atomic E-state index is -2.60. The number of hydrogen-bond acceptors (Lipinski definition) is 8. The Bertz CT molecular complexity index is 1530. The molecule has 0 amide bonds. The van der Waals surface area contributed by atoms with Crippen molar-refractivity contribution >= 4 is 28.4 Å². The molecule has 6 rings (SSSR count). The van der Waals surface area contributed by atoms with E-state index >= 15 is 8.78 Å². The summed E-state index contributed by atoms with van der Waals surface area (Å²) in [4.78, 5) is 15.4. The van der Waals surface area contributed by atoms with Crippen molar-refractivity contribution in [1.29, 1.82) is 0 Å². The average molecular weight is 548 g/mol. The van der Waals surface area contributed by atoms with Crippen LogP contribution in [0.15, 0.2) is 18.3 Å². The first kappa shape index (κ1) is 25.7. The molecule has 14 heteroatoms. The van der Waals surface area contributed by atoms with E-state index in [0.29, 0.717) is 48.9 Å². The molecule has 0 radical (unpaired) electrons. The molecule has 208 valence electrons. The minimum absolute atomic E-state index is 0.114. The second kappa shape index (κ2) is 9.59. The first-order valence-electron chi connectivity index (χ1n) is 12.8. The van der Waals surface area contributed by atoms with Gasteiger partial charge in [-0.25, -0.2) is 32.0 Å². The van der Waals surface area contributed by atoms with E-state index in [9.17, 15) is 8.78 Å². The molecule has 4 aromatic heterocycles. The molecule has 2 aliphatic rings. The Labute approximate surface area is 221 Å². The van der Waals surface area contributed by atoms with Gasteiger partial charge in [-0.15, -0.1) is 5.10 Å². The van der Waals surface area contributed by atoms with E-state index in [4.69, 9.17) is 4.74 Å². The van der Waals surface area contributed by atoms with E-state index in [1.165, 1.54) is 15.3 Å². The van der Waals surface area contributed by atoms with Gasteiger partial charge < -0.3 is 19.9 Å². The largest absolute Gasteiger partial charge is 0.377 e. The second-order valence-corrected chi connectivity index (χ2v) is 10.4. The van der Waals surface area contributed by atoms with Gasteiger partial charge in [-0.05, 0) is 32.4 Å². The second-order valence-electron chi connectivity index (χ2n) is 10.4. The molecule has 2 N–H and O–H groups in total. The first-order valence-corrected chi connectivity index (χ1v) is 12.8. The van der Waals surface area contributed by atoms with E-state index in [2.05, 4.69) is 42.5 Å². The van der Waals surface area contributed by atoms with Crippen molar-refractivity contribution in [3.8, 4) is 11.3 Å². The summed E-state index contributed by atoms with van der Waals surface area (Å²) in [7, 11) is 1.64.